The SMILES string of the molecule is O=P(c1ccccc1)(c1ccccc1)c1cncc(-c2ccc3oc4ccc(-c5ccc6sc7ccc(-c8ccccc8)cc7c6c5)cc4c3c2)c1. The van der Waals surface area contributed by atoms with Crippen molar-refractivity contribution in [3.05, 3.63) is 182 Å². The predicted octanol–water partition coefficient (Wildman–Crippen LogP) is 12.0. The van der Waals surface area contributed by atoms with Gasteiger partial charge in [0.05, 0.1) is 0 Å². The van der Waals surface area contributed by atoms with Crippen LogP contribution in [-0.4, -0.2) is 4.98 Å². The van der Waals surface area contributed by atoms with Crippen molar-refractivity contribution in [2.75, 3.05) is 0 Å². The number of benzene rings is 7. The molecule has 0 N–H and O–H groups in total. The van der Waals surface area contributed by atoms with Crippen molar-refractivity contribution in [3.63, 3.8) is 0 Å². The minimum Gasteiger partial charge on any atom is -0.456 e. The van der Waals surface area contributed by atoms with E-state index < -0.39 is 7.14 Å². The van der Waals surface area contributed by atoms with E-state index in [1.165, 1.54) is 36.9 Å². The van der Waals surface area contributed by atoms with Gasteiger partial charge in [-0.25, -0.2) is 0 Å². The molecule has 0 aliphatic heterocycles. The molecule has 0 amide bonds. The molecule has 0 radical (unpaired) electrons. The fourth-order valence-corrected chi connectivity index (χ4v) is 11.1. The number of fused-ring (bicyclic) bond motifs is 6. The smallest absolute Gasteiger partial charge is 0.172 e. The summed E-state index contributed by atoms with van der Waals surface area (Å²) in [5.41, 5.74) is 8.31. The van der Waals surface area contributed by atoms with Crippen molar-refractivity contribution in [2.45, 2.75) is 0 Å². The zero-order valence-electron chi connectivity index (χ0n) is 27.9. The molecule has 0 bridgehead atoms. The summed E-state index contributed by atoms with van der Waals surface area (Å²) >= 11 is 1.84. The van der Waals surface area contributed by atoms with Gasteiger partial charge in [0.25, 0.3) is 0 Å². The van der Waals surface area contributed by atoms with E-state index in [9.17, 15) is 0 Å². The first-order valence-corrected chi connectivity index (χ1v) is 19.8. The van der Waals surface area contributed by atoms with E-state index in [0.29, 0.717) is 5.30 Å². The molecule has 10 rings (SSSR count). The van der Waals surface area contributed by atoms with Crippen LogP contribution in [0.25, 0.3) is 75.5 Å². The van der Waals surface area contributed by atoms with Crippen LogP contribution < -0.4 is 15.9 Å². The van der Waals surface area contributed by atoms with Crippen molar-refractivity contribution in [3.8, 4) is 33.4 Å². The summed E-state index contributed by atoms with van der Waals surface area (Å²) < 4.78 is 24.0. The summed E-state index contributed by atoms with van der Waals surface area (Å²) in [5, 5.41) is 6.91. The number of hydrogen-bond donors (Lipinski definition) is 0. The maximum atomic E-state index is 15.1. The molecule has 0 atom stereocenters. The highest BCUT2D eigenvalue weighted by molar-refractivity contribution is 7.85. The Hall–Kier alpha value is -6.06. The molecule has 0 aliphatic rings. The summed E-state index contributed by atoms with van der Waals surface area (Å²) in [6, 6.07) is 58.4. The maximum absolute atomic E-state index is 15.1. The Bertz CT molecular complexity index is 2940. The average molecular weight is 704 g/mol. The first-order chi connectivity index (χ1) is 25.6. The Morgan fingerprint density at radius 3 is 1.42 bits per heavy atom. The van der Waals surface area contributed by atoms with Gasteiger partial charge in [0.15, 0.2) is 7.14 Å². The highest BCUT2D eigenvalue weighted by Crippen LogP contribution is 2.44. The van der Waals surface area contributed by atoms with Crippen molar-refractivity contribution in [1.82, 2.24) is 4.98 Å². The van der Waals surface area contributed by atoms with Gasteiger partial charge < -0.3 is 8.98 Å². The fourth-order valence-electron chi connectivity index (χ4n) is 7.38. The molecular formula is C47H30NO2PS. The first kappa shape index (κ1) is 30.7. The van der Waals surface area contributed by atoms with Crippen LogP contribution >= 0.6 is 18.5 Å². The number of nitrogens with zero attached hydrogens (tertiary/aromatic N) is 1. The van der Waals surface area contributed by atoms with E-state index in [2.05, 4.69) is 102 Å². The molecule has 0 saturated heterocycles. The summed E-state index contributed by atoms with van der Waals surface area (Å²) in [7, 11) is -3.17. The standard InChI is InChI=1S/C47H30NO2PS/c49-51(37-12-6-2-7-13-37,38-14-8-3-9-15-38)39-24-36(29-48-30-39)35-17-21-45-41(26-35)40-25-33(16-20-44(40)50-45)34-19-23-47-43(28-34)42-27-32(18-22-46(42)52-47)31-10-4-1-5-11-31/h1-30H. The number of thiophene rings is 1. The molecule has 0 saturated carbocycles. The summed E-state index contributed by atoms with van der Waals surface area (Å²) in [5.74, 6) is 0. The van der Waals surface area contributed by atoms with Gasteiger partial charge in [-0.05, 0) is 82.4 Å². The Morgan fingerprint density at radius 1 is 0.404 bits per heavy atom. The van der Waals surface area contributed by atoms with E-state index >= 15 is 4.57 Å². The number of aromatic nitrogens is 1. The van der Waals surface area contributed by atoms with E-state index in [-0.39, 0.29) is 0 Å². The van der Waals surface area contributed by atoms with Crippen molar-refractivity contribution in [1.29, 1.82) is 0 Å². The quantitative estimate of drug-likeness (QED) is 0.162. The van der Waals surface area contributed by atoms with Crippen LogP contribution in [0.2, 0.25) is 0 Å². The third-order valence-electron chi connectivity index (χ3n) is 10.0. The monoisotopic (exact) mass is 703 g/mol. The maximum Gasteiger partial charge on any atom is 0.172 e. The molecule has 10 aromatic rings. The van der Waals surface area contributed by atoms with Gasteiger partial charge in [-0.15, -0.1) is 11.3 Å². The molecule has 0 fully saturated rings. The molecule has 52 heavy (non-hydrogen) atoms. The van der Waals surface area contributed by atoms with Crippen LogP contribution in [0.3, 0.4) is 0 Å². The molecule has 7 aromatic carbocycles. The third-order valence-corrected chi connectivity index (χ3v) is 14.2. The van der Waals surface area contributed by atoms with Gasteiger partial charge in [-0.1, -0.05) is 115 Å². The second-order valence-corrected chi connectivity index (χ2v) is 17.0. The van der Waals surface area contributed by atoms with Crippen LogP contribution in [0.15, 0.2) is 187 Å². The van der Waals surface area contributed by atoms with Crippen LogP contribution in [0.4, 0.5) is 0 Å². The third kappa shape index (κ3) is 5.11. The van der Waals surface area contributed by atoms with Gasteiger partial charge in [-0.3, -0.25) is 4.98 Å². The Morgan fingerprint density at radius 2 is 0.865 bits per heavy atom. The fraction of sp³-hybridized carbons (Fsp3) is 0. The van der Waals surface area contributed by atoms with Gasteiger partial charge in [-0.2, -0.15) is 0 Å². The molecule has 3 nitrogen and oxygen atoms in total. The highest BCUT2D eigenvalue weighted by Gasteiger charge is 2.30. The lowest BCUT2D eigenvalue weighted by Crippen LogP contribution is -2.25. The van der Waals surface area contributed by atoms with Gasteiger partial charge in [0.1, 0.15) is 11.2 Å². The molecule has 3 aromatic heterocycles. The van der Waals surface area contributed by atoms with Crippen LogP contribution in [0.5, 0.6) is 0 Å². The number of rotatable bonds is 6. The van der Waals surface area contributed by atoms with Crippen molar-refractivity contribution >= 4 is 76.5 Å². The lowest BCUT2D eigenvalue weighted by molar-refractivity contribution is 0.592. The molecule has 5 heteroatoms. The first-order valence-electron chi connectivity index (χ1n) is 17.3. The van der Waals surface area contributed by atoms with Crippen LogP contribution in [0, 0.1) is 0 Å². The molecule has 0 spiro atoms. The Kier molecular flexibility index (Phi) is 7.28. The lowest BCUT2D eigenvalue weighted by Gasteiger charge is -2.20. The topological polar surface area (TPSA) is 43.1 Å². The minimum absolute atomic E-state index is 0.703. The van der Waals surface area contributed by atoms with E-state index in [1.54, 1.807) is 6.20 Å². The number of pyridine rings is 1. The summed E-state index contributed by atoms with van der Waals surface area (Å²) in [6.07, 6.45) is 3.60. The zero-order chi connectivity index (χ0) is 34.6. The normalized spacial score (nSPS) is 11.9. The lowest BCUT2D eigenvalue weighted by atomic mass is 9.98. The van der Waals surface area contributed by atoms with Crippen LogP contribution in [-0.2, 0) is 4.57 Å². The number of hydrogen-bond acceptors (Lipinski definition) is 4. The Balaban J connectivity index is 1.06. The van der Waals surface area contributed by atoms with Crippen molar-refractivity contribution < 1.29 is 8.98 Å². The van der Waals surface area contributed by atoms with E-state index in [4.69, 9.17) is 4.42 Å². The summed E-state index contributed by atoms with van der Waals surface area (Å²) in [4.78, 5) is 4.63. The van der Waals surface area contributed by atoms with Crippen LogP contribution in [0.1, 0.15) is 0 Å². The number of furan rings is 1. The zero-order valence-corrected chi connectivity index (χ0v) is 29.7. The molecular weight excluding hydrogens is 674 g/mol. The summed E-state index contributed by atoms with van der Waals surface area (Å²) in [6.45, 7) is 0. The highest BCUT2D eigenvalue weighted by atomic mass is 32.1. The predicted molar refractivity (Wildman–Crippen MR) is 220 cm³/mol. The average Bonchev–Trinajstić information content (AvgIpc) is 3.78. The molecule has 0 unspecified atom stereocenters. The van der Waals surface area contributed by atoms with Gasteiger partial charge >= 0.3 is 0 Å². The van der Waals surface area contributed by atoms with Gasteiger partial charge in [0.2, 0.25) is 0 Å². The Labute approximate surface area is 304 Å². The van der Waals surface area contributed by atoms with Gasteiger partial charge in [0, 0.05) is 64.8 Å². The minimum atomic E-state index is -3.17. The second kappa shape index (κ2) is 12.3. The molecule has 3 heterocycles. The second-order valence-electron chi connectivity index (χ2n) is 13.1. The molecule has 0 aliphatic carbocycles. The van der Waals surface area contributed by atoms with E-state index in [1.807, 2.05) is 90.3 Å². The van der Waals surface area contributed by atoms with E-state index in [0.717, 1.165) is 49.2 Å². The molecule has 246 valence electrons. The largest absolute Gasteiger partial charge is 0.456 e. The van der Waals surface area contributed by atoms with Crippen molar-refractivity contribution in [2.24, 2.45) is 0 Å².